The smallest absolute Gasteiger partial charge is 0.308 e. The molecule has 0 fully saturated rings. The molecule has 0 radical (unpaired) electrons. The van der Waals surface area contributed by atoms with Gasteiger partial charge in [0.05, 0.1) is 17.9 Å². The number of hydrogen-bond donors (Lipinski definition) is 0. The van der Waals surface area contributed by atoms with Crippen LogP contribution in [0.3, 0.4) is 0 Å². The fraction of sp³-hybridized carbons (Fsp3) is 0.200. The largest absolute Gasteiger partial charge is 0.424 e. The lowest BCUT2D eigenvalue weighted by Crippen LogP contribution is -2.06. The van der Waals surface area contributed by atoms with E-state index >= 15 is 0 Å². The van der Waals surface area contributed by atoms with E-state index in [0.717, 1.165) is 0 Å². The van der Waals surface area contributed by atoms with E-state index in [4.69, 9.17) is 9.47 Å². The zero-order chi connectivity index (χ0) is 14.0. The van der Waals surface area contributed by atoms with Crippen LogP contribution in [0.1, 0.15) is 13.8 Å². The molecule has 0 unspecified atom stereocenters. The van der Waals surface area contributed by atoms with Gasteiger partial charge in [-0.1, -0.05) is 0 Å². The highest BCUT2D eigenvalue weighted by Gasteiger charge is 2.23. The highest BCUT2D eigenvalue weighted by Crippen LogP contribution is 2.50. The SMILES string of the molecule is CC(=O)Oc1c(Br)c(Br)c(OC(C)=O)c(Br)c1Br. The van der Waals surface area contributed by atoms with Crippen molar-refractivity contribution in [1.82, 2.24) is 0 Å². The number of esters is 2. The third-order valence-electron chi connectivity index (χ3n) is 1.67. The first-order chi connectivity index (χ1) is 8.25. The molecule has 8 heteroatoms. The van der Waals surface area contributed by atoms with Gasteiger partial charge < -0.3 is 9.47 Å². The lowest BCUT2D eigenvalue weighted by atomic mass is 10.3. The standard InChI is InChI=1S/C10H6Br4O4/c1-3(15)17-9-5(11)7(13)10(18-4(2)16)8(14)6(9)12/h1-2H3. The normalized spacial score (nSPS) is 10.1. The van der Waals surface area contributed by atoms with Gasteiger partial charge in [-0.25, -0.2) is 0 Å². The lowest BCUT2D eigenvalue weighted by molar-refractivity contribution is -0.133. The first-order valence-electron chi connectivity index (χ1n) is 4.48. The van der Waals surface area contributed by atoms with E-state index in [1.165, 1.54) is 13.8 Å². The van der Waals surface area contributed by atoms with Gasteiger partial charge in [0.1, 0.15) is 0 Å². The van der Waals surface area contributed by atoms with Crippen molar-refractivity contribution in [3.05, 3.63) is 17.9 Å². The van der Waals surface area contributed by atoms with Gasteiger partial charge in [-0.2, -0.15) is 0 Å². The van der Waals surface area contributed by atoms with Crippen LogP contribution in [0.25, 0.3) is 0 Å². The maximum atomic E-state index is 11.0. The molecule has 1 aromatic carbocycles. The fourth-order valence-corrected chi connectivity index (χ4v) is 3.43. The van der Waals surface area contributed by atoms with Crippen molar-refractivity contribution >= 4 is 75.7 Å². The highest BCUT2D eigenvalue weighted by atomic mass is 79.9. The van der Waals surface area contributed by atoms with Gasteiger partial charge in [0.2, 0.25) is 0 Å². The molecular weight excluding hydrogens is 504 g/mol. The summed E-state index contributed by atoms with van der Waals surface area (Å²) in [6, 6.07) is 0. The second kappa shape index (κ2) is 6.49. The van der Waals surface area contributed by atoms with E-state index in [0.29, 0.717) is 17.9 Å². The fourth-order valence-electron chi connectivity index (χ4n) is 1.06. The second-order valence-corrected chi connectivity index (χ2v) is 6.27. The molecule has 0 saturated carbocycles. The predicted molar refractivity (Wildman–Crippen MR) is 79.9 cm³/mol. The van der Waals surface area contributed by atoms with Gasteiger partial charge in [-0.15, -0.1) is 0 Å². The van der Waals surface area contributed by atoms with Crippen molar-refractivity contribution in [1.29, 1.82) is 0 Å². The number of ether oxygens (including phenoxy) is 2. The van der Waals surface area contributed by atoms with Crippen LogP contribution in [0.5, 0.6) is 11.5 Å². The van der Waals surface area contributed by atoms with Crippen LogP contribution in [0.4, 0.5) is 0 Å². The molecule has 0 N–H and O–H groups in total. The molecule has 98 valence electrons. The van der Waals surface area contributed by atoms with Crippen molar-refractivity contribution in [2.75, 3.05) is 0 Å². The summed E-state index contributed by atoms with van der Waals surface area (Å²) in [5.74, 6) is -0.347. The molecule has 0 aliphatic rings. The second-order valence-electron chi connectivity index (χ2n) is 3.10. The average molecular weight is 510 g/mol. The summed E-state index contributed by atoms with van der Waals surface area (Å²) >= 11 is 13.1. The van der Waals surface area contributed by atoms with Gasteiger partial charge >= 0.3 is 11.9 Å². The van der Waals surface area contributed by atoms with E-state index in [-0.39, 0.29) is 11.5 Å². The number of carbonyl (C=O) groups is 2. The summed E-state index contributed by atoms with van der Waals surface area (Å²) in [5, 5.41) is 0. The number of halogens is 4. The Hall–Kier alpha value is 0.0800. The van der Waals surface area contributed by atoms with Crippen molar-refractivity contribution in [3.8, 4) is 11.5 Å². The van der Waals surface area contributed by atoms with Gasteiger partial charge in [0.15, 0.2) is 11.5 Å². The average Bonchev–Trinajstić information content (AvgIpc) is 2.27. The van der Waals surface area contributed by atoms with E-state index in [1.807, 2.05) is 0 Å². The summed E-state index contributed by atoms with van der Waals surface area (Å²) in [5.41, 5.74) is 0. The van der Waals surface area contributed by atoms with Crippen molar-refractivity contribution in [2.24, 2.45) is 0 Å². The van der Waals surface area contributed by atoms with Crippen molar-refractivity contribution < 1.29 is 19.1 Å². The molecule has 0 atom stereocenters. The lowest BCUT2D eigenvalue weighted by Gasteiger charge is -2.14. The van der Waals surface area contributed by atoms with Crippen LogP contribution >= 0.6 is 63.7 Å². The number of rotatable bonds is 2. The number of carbonyl (C=O) groups excluding carboxylic acids is 2. The van der Waals surface area contributed by atoms with Crippen LogP contribution in [0, 0.1) is 0 Å². The Morgan fingerprint density at radius 3 is 1.11 bits per heavy atom. The minimum atomic E-state index is -0.463. The third-order valence-corrected chi connectivity index (χ3v) is 5.77. The van der Waals surface area contributed by atoms with Crippen molar-refractivity contribution in [3.63, 3.8) is 0 Å². The molecule has 1 rings (SSSR count). The molecule has 0 amide bonds. The van der Waals surface area contributed by atoms with E-state index < -0.39 is 11.9 Å². The first-order valence-corrected chi connectivity index (χ1v) is 7.65. The number of hydrogen-bond acceptors (Lipinski definition) is 4. The molecule has 0 aliphatic heterocycles. The Balaban J connectivity index is 3.44. The minimum absolute atomic E-state index is 0.289. The van der Waals surface area contributed by atoms with Crippen molar-refractivity contribution in [2.45, 2.75) is 13.8 Å². The third kappa shape index (κ3) is 3.55. The molecule has 18 heavy (non-hydrogen) atoms. The van der Waals surface area contributed by atoms with Crippen LogP contribution in [0.2, 0.25) is 0 Å². The zero-order valence-corrected chi connectivity index (χ0v) is 15.5. The monoisotopic (exact) mass is 506 g/mol. The Kier molecular flexibility index (Phi) is 5.82. The summed E-state index contributed by atoms with van der Waals surface area (Å²) in [4.78, 5) is 22.0. The molecule has 0 spiro atoms. The molecule has 0 bridgehead atoms. The molecule has 1 aromatic rings. The maximum absolute atomic E-state index is 11.0. The topological polar surface area (TPSA) is 52.6 Å². The molecule has 4 nitrogen and oxygen atoms in total. The Bertz CT molecular complexity index is 451. The van der Waals surface area contributed by atoms with Crippen LogP contribution in [-0.4, -0.2) is 11.9 Å². The number of benzene rings is 1. The van der Waals surface area contributed by atoms with Gasteiger partial charge in [0.25, 0.3) is 0 Å². The minimum Gasteiger partial charge on any atom is -0.424 e. The maximum Gasteiger partial charge on any atom is 0.308 e. The van der Waals surface area contributed by atoms with E-state index in [2.05, 4.69) is 63.7 Å². The Labute approximate surface area is 137 Å². The summed E-state index contributed by atoms with van der Waals surface area (Å²) < 4.78 is 12.0. The van der Waals surface area contributed by atoms with Gasteiger partial charge in [-0.05, 0) is 63.7 Å². The molecule has 0 saturated heterocycles. The van der Waals surface area contributed by atoms with Gasteiger partial charge in [-0.3, -0.25) is 9.59 Å². The first kappa shape index (κ1) is 16.1. The highest BCUT2D eigenvalue weighted by molar-refractivity contribution is 9.14. The van der Waals surface area contributed by atoms with E-state index in [1.54, 1.807) is 0 Å². The summed E-state index contributed by atoms with van der Waals surface area (Å²) in [6.45, 7) is 2.58. The van der Waals surface area contributed by atoms with Crippen LogP contribution < -0.4 is 9.47 Å². The van der Waals surface area contributed by atoms with E-state index in [9.17, 15) is 9.59 Å². The summed E-state index contributed by atoms with van der Waals surface area (Å²) in [6.07, 6.45) is 0. The Morgan fingerprint density at radius 1 is 0.722 bits per heavy atom. The zero-order valence-electron chi connectivity index (χ0n) is 9.14. The van der Waals surface area contributed by atoms with Crippen LogP contribution in [0.15, 0.2) is 17.9 Å². The molecular formula is C10H6Br4O4. The molecule has 0 aliphatic carbocycles. The van der Waals surface area contributed by atoms with Crippen LogP contribution in [-0.2, 0) is 9.59 Å². The molecule has 0 aromatic heterocycles. The molecule has 0 heterocycles. The summed E-state index contributed by atoms with van der Waals surface area (Å²) in [7, 11) is 0. The van der Waals surface area contributed by atoms with Gasteiger partial charge in [0, 0.05) is 13.8 Å². The quantitative estimate of drug-likeness (QED) is 0.333. The Morgan fingerprint density at radius 2 is 0.944 bits per heavy atom. The predicted octanol–water partition coefficient (Wildman–Crippen LogP) is 4.59.